The fourth-order valence-corrected chi connectivity index (χ4v) is 4.48. The molecule has 5 rings (SSSR count). The Hall–Kier alpha value is -4.67. The van der Waals surface area contributed by atoms with Crippen molar-refractivity contribution in [1.82, 2.24) is 34.9 Å². The molecule has 39 heavy (non-hydrogen) atoms. The van der Waals surface area contributed by atoms with Crippen molar-refractivity contribution in [2.75, 3.05) is 20.7 Å². The van der Waals surface area contributed by atoms with Gasteiger partial charge >= 0.3 is 0 Å². The molecular weight excluding hydrogens is 501 g/mol. The van der Waals surface area contributed by atoms with Gasteiger partial charge in [0.15, 0.2) is 5.82 Å². The summed E-state index contributed by atoms with van der Waals surface area (Å²) in [5.74, 6) is 0.522. The maximum Gasteiger partial charge on any atom is 0.271 e. The molecule has 3 aromatic heterocycles. The van der Waals surface area contributed by atoms with E-state index in [-0.39, 0.29) is 35.2 Å². The van der Waals surface area contributed by atoms with E-state index in [9.17, 15) is 14.0 Å². The topological polar surface area (TPSA) is 115 Å². The van der Waals surface area contributed by atoms with Crippen molar-refractivity contribution in [1.29, 1.82) is 0 Å². The first-order valence-corrected chi connectivity index (χ1v) is 12.6. The predicted molar refractivity (Wildman–Crippen MR) is 141 cm³/mol. The number of nitrogens with one attached hydrogen (secondary N) is 1. The van der Waals surface area contributed by atoms with Gasteiger partial charge < -0.3 is 15.0 Å². The number of pyridine rings is 2. The van der Waals surface area contributed by atoms with Gasteiger partial charge in [0.25, 0.3) is 11.8 Å². The number of hydrogen-bond donors (Lipinski definition) is 1. The quantitative estimate of drug-likeness (QED) is 0.371. The van der Waals surface area contributed by atoms with Crippen LogP contribution in [0.15, 0.2) is 60.8 Å². The fraction of sp³-hybridized carbons (Fsp3) is 0.286. The molecular formula is C28H28FN7O3. The van der Waals surface area contributed by atoms with Crippen LogP contribution in [-0.4, -0.2) is 68.2 Å². The Morgan fingerprint density at radius 3 is 2.51 bits per heavy atom. The Labute approximate surface area is 224 Å². The van der Waals surface area contributed by atoms with E-state index in [0.29, 0.717) is 48.2 Å². The minimum Gasteiger partial charge on any atom is -0.492 e. The van der Waals surface area contributed by atoms with Crippen molar-refractivity contribution < 1.29 is 18.7 Å². The Kier molecular flexibility index (Phi) is 7.31. The number of hydrogen-bond acceptors (Lipinski definition) is 7. The molecule has 1 aliphatic rings. The van der Waals surface area contributed by atoms with E-state index in [1.807, 2.05) is 6.92 Å². The maximum atomic E-state index is 14.9. The van der Waals surface area contributed by atoms with Crippen LogP contribution in [-0.2, 0) is 0 Å². The third-order valence-electron chi connectivity index (χ3n) is 6.50. The number of para-hydroxylation sites is 1. The molecule has 0 bridgehead atoms. The highest BCUT2D eigenvalue weighted by Crippen LogP contribution is 2.39. The third kappa shape index (κ3) is 5.33. The molecule has 10 nitrogen and oxygen atoms in total. The summed E-state index contributed by atoms with van der Waals surface area (Å²) in [5.41, 5.74) is 1.22. The first kappa shape index (κ1) is 26.0. The van der Waals surface area contributed by atoms with Gasteiger partial charge in [0, 0.05) is 26.1 Å². The molecule has 1 fully saturated rings. The fourth-order valence-electron chi connectivity index (χ4n) is 4.48. The number of rotatable bonds is 8. The lowest BCUT2D eigenvalue weighted by Gasteiger charge is -2.35. The average molecular weight is 530 g/mol. The van der Waals surface area contributed by atoms with Gasteiger partial charge in [-0.05, 0) is 56.2 Å². The minimum absolute atomic E-state index is 0.0616. The number of ether oxygens (including phenoxy) is 1. The summed E-state index contributed by atoms with van der Waals surface area (Å²) >= 11 is 0. The average Bonchev–Trinajstić information content (AvgIpc) is 3.35. The van der Waals surface area contributed by atoms with Crippen LogP contribution in [0.4, 0.5) is 4.39 Å². The number of benzene rings is 1. The number of carbonyl (C=O) groups excluding carboxylic acids is 2. The zero-order valence-electron chi connectivity index (χ0n) is 21.8. The standard InChI is InChI=1S/C28H28FN7O3/c1-4-39-19-12-13-21(30-16-19)26-34-33-25(36(26)24-11-6-5-8-20(24)29)17-14-18(15-17)31-27(37)22-9-7-10-23(32-22)28(38)35(2)3/h5-13,16-18H,4,14-15H2,1-3H3,(H,31,37). The second-order valence-corrected chi connectivity index (χ2v) is 9.43. The van der Waals surface area contributed by atoms with Crippen LogP contribution in [0.25, 0.3) is 17.2 Å². The van der Waals surface area contributed by atoms with E-state index in [1.165, 1.54) is 11.0 Å². The summed E-state index contributed by atoms with van der Waals surface area (Å²) in [4.78, 5) is 35.1. The highest BCUT2D eigenvalue weighted by Gasteiger charge is 2.37. The van der Waals surface area contributed by atoms with Gasteiger partial charge in [-0.1, -0.05) is 18.2 Å². The molecule has 4 aromatic rings. The summed E-state index contributed by atoms with van der Waals surface area (Å²) < 4.78 is 22.1. The van der Waals surface area contributed by atoms with E-state index in [4.69, 9.17) is 4.74 Å². The Morgan fingerprint density at radius 1 is 1.05 bits per heavy atom. The largest absolute Gasteiger partial charge is 0.492 e. The van der Waals surface area contributed by atoms with Crippen LogP contribution >= 0.6 is 0 Å². The van der Waals surface area contributed by atoms with Gasteiger partial charge in [-0.15, -0.1) is 10.2 Å². The maximum absolute atomic E-state index is 14.9. The molecule has 200 valence electrons. The molecule has 11 heteroatoms. The van der Waals surface area contributed by atoms with E-state index in [0.717, 1.165) is 0 Å². The van der Waals surface area contributed by atoms with Crippen molar-refractivity contribution in [3.05, 3.63) is 83.8 Å². The second kappa shape index (κ2) is 11.0. The first-order valence-electron chi connectivity index (χ1n) is 12.6. The second-order valence-electron chi connectivity index (χ2n) is 9.43. The summed E-state index contributed by atoms with van der Waals surface area (Å²) in [6.45, 7) is 2.41. The first-order chi connectivity index (χ1) is 18.9. The molecule has 0 saturated heterocycles. The van der Waals surface area contributed by atoms with Crippen LogP contribution < -0.4 is 10.1 Å². The molecule has 1 N–H and O–H groups in total. The lowest BCUT2D eigenvalue weighted by Crippen LogP contribution is -2.44. The Bertz CT molecular complexity index is 1500. The highest BCUT2D eigenvalue weighted by atomic mass is 19.1. The number of nitrogens with zero attached hydrogens (tertiary/aromatic N) is 6. The van der Waals surface area contributed by atoms with Gasteiger partial charge in [-0.25, -0.2) is 14.4 Å². The van der Waals surface area contributed by atoms with E-state index >= 15 is 0 Å². The zero-order chi connectivity index (χ0) is 27.5. The van der Waals surface area contributed by atoms with Crippen molar-refractivity contribution >= 4 is 11.8 Å². The molecule has 1 saturated carbocycles. The zero-order valence-corrected chi connectivity index (χ0v) is 21.8. The molecule has 0 aliphatic heterocycles. The van der Waals surface area contributed by atoms with Crippen LogP contribution in [0.2, 0.25) is 0 Å². The SMILES string of the molecule is CCOc1ccc(-c2nnc(C3CC(NC(=O)c4cccc(C(=O)N(C)C)n4)C3)n2-c2ccccc2F)nc1. The summed E-state index contributed by atoms with van der Waals surface area (Å²) in [6, 6.07) is 14.6. The van der Waals surface area contributed by atoms with Gasteiger partial charge in [0.1, 0.15) is 34.5 Å². The van der Waals surface area contributed by atoms with Crippen LogP contribution in [0.1, 0.15) is 52.5 Å². The van der Waals surface area contributed by atoms with Crippen molar-refractivity contribution in [3.8, 4) is 23.0 Å². The van der Waals surface area contributed by atoms with Crippen LogP contribution in [0.3, 0.4) is 0 Å². The summed E-state index contributed by atoms with van der Waals surface area (Å²) in [5, 5.41) is 11.8. The van der Waals surface area contributed by atoms with E-state index < -0.39 is 5.82 Å². The van der Waals surface area contributed by atoms with Gasteiger partial charge in [-0.2, -0.15) is 0 Å². The van der Waals surface area contributed by atoms with Gasteiger partial charge in [0.2, 0.25) is 0 Å². The molecule has 0 spiro atoms. The predicted octanol–water partition coefficient (Wildman–Crippen LogP) is 3.64. The Morgan fingerprint density at radius 2 is 1.82 bits per heavy atom. The summed E-state index contributed by atoms with van der Waals surface area (Å²) in [6.07, 6.45) is 2.78. The molecule has 1 aromatic carbocycles. The van der Waals surface area contributed by atoms with E-state index in [2.05, 4.69) is 25.5 Å². The van der Waals surface area contributed by atoms with Crippen LogP contribution in [0.5, 0.6) is 5.75 Å². The number of halogens is 1. The lowest BCUT2D eigenvalue weighted by molar-refractivity contribution is 0.0821. The molecule has 0 unspecified atom stereocenters. The molecule has 3 heterocycles. The summed E-state index contributed by atoms with van der Waals surface area (Å²) in [7, 11) is 3.26. The van der Waals surface area contributed by atoms with Crippen molar-refractivity contribution in [2.24, 2.45) is 0 Å². The number of aromatic nitrogens is 5. The van der Waals surface area contributed by atoms with Gasteiger partial charge in [-0.3, -0.25) is 14.2 Å². The monoisotopic (exact) mass is 529 g/mol. The van der Waals surface area contributed by atoms with Crippen molar-refractivity contribution in [2.45, 2.75) is 31.7 Å². The van der Waals surface area contributed by atoms with Crippen LogP contribution in [0, 0.1) is 5.82 Å². The van der Waals surface area contributed by atoms with Crippen molar-refractivity contribution in [3.63, 3.8) is 0 Å². The number of carbonyl (C=O) groups is 2. The number of amides is 2. The molecule has 0 radical (unpaired) electrons. The Balaban J connectivity index is 1.35. The van der Waals surface area contributed by atoms with E-state index in [1.54, 1.807) is 73.4 Å². The molecule has 1 aliphatic carbocycles. The smallest absolute Gasteiger partial charge is 0.271 e. The lowest BCUT2D eigenvalue weighted by atomic mass is 9.79. The molecule has 0 atom stereocenters. The normalized spacial score (nSPS) is 16.3. The highest BCUT2D eigenvalue weighted by molar-refractivity contribution is 5.96. The minimum atomic E-state index is -0.409. The molecule has 2 amide bonds. The van der Waals surface area contributed by atoms with Gasteiger partial charge in [0.05, 0.1) is 18.5 Å². The third-order valence-corrected chi connectivity index (χ3v) is 6.50.